The monoisotopic (exact) mass is 281 g/mol. The van der Waals surface area contributed by atoms with Crippen LogP contribution in [0.1, 0.15) is 12.0 Å². The molecule has 0 radical (unpaired) electrons. The summed E-state index contributed by atoms with van der Waals surface area (Å²) in [6, 6.07) is 14.6. The molecule has 1 amide bonds. The van der Waals surface area contributed by atoms with E-state index in [0.717, 1.165) is 16.5 Å². The Labute approximate surface area is 121 Å². The minimum Gasteiger partial charge on any atom is -0.508 e. The van der Waals surface area contributed by atoms with Crippen LogP contribution < -0.4 is 5.32 Å². The fourth-order valence-electron chi connectivity index (χ4n) is 2.22. The van der Waals surface area contributed by atoms with Crippen molar-refractivity contribution in [1.29, 1.82) is 0 Å². The smallest absolute Gasteiger partial charge is 0.225 e. The average molecular weight is 281 g/mol. The van der Waals surface area contributed by atoms with E-state index in [9.17, 15) is 9.90 Å². The van der Waals surface area contributed by atoms with Gasteiger partial charge in [0, 0.05) is 11.8 Å². The van der Waals surface area contributed by atoms with Crippen molar-refractivity contribution in [2.75, 3.05) is 5.32 Å². The third-order valence-electron chi connectivity index (χ3n) is 3.34. The van der Waals surface area contributed by atoms with Gasteiger partial charge in [-0.3, -0.25) is 9.89 Å². The minimum atomic E-state index is -0.129. The lowest BCUT2D eigenvalue weighted by Gasteiger charge is -2.04. The van der Waals surface area contributed by atoms with E-state index in [1.54, 1.807) is 12.1 Å². The zero-order valence-electron chi connectivity index (χ0n) is 11.3. The van der Waals surface area contributed by atoms with E-state index in [1.807, 2.05) is 36.4 Å². The van der Waals surface area contributed by atoms with Crippen LogP contribution in [0.3, 0.4) is 0 Å². The number of amides is 1. The number of aromatic hydroxyl groups is 1. The van der Waals surface area contributed by atoms with Crippen LogP contribution in [0.2, 0.25) is 0 Å². The summed E-state index contributed by atoms with van der Waals surface area (Å²) >= 11 is 0. The summed E-state index contributed by atoms with van der Waals surface area (Å²) in [5.74, 6) is 0.624. The number of rotatable bonds is 4. The van der Waals surface area contributed by atoms with Gasteiger partial charge in [-0.05, 0) is 30.2 Å². The lowest BCUT2D eigenvalue weighted by molar-refractivity contribution is -0.116. The van der Waals surface area contributed by atoms with Gasteiger partial charge in [0.2, 0.25) is 5.91 Å². The summed E-state index contributed by atoms with van der Waals surface area (Å²) in [7, 11) is 0. The molecule has 3 rings (SSSR count). The molecule has 0 atom stereocenters. The third kappa shape index (κ3) is 2.86. The summed E-state index contributed by atoms with van der Waals surface area (Å²) < 4.78 is 0. The van der Waals surface area contributed by atoms with Crippen LogP contribution in [0, 0.1) is 0 Å². The first kappa shape index (κ1) is 13.2. The van der Waals surface area contributed by atoms with Gasteiger partial charge >= 0.3 is 0 Å². The molecule has 1 aromatic heterocycles. The van der Waals surface area contributed by atoms with Gasteiger partial charge in [-0.2, -0.15) is 5.10 Å². The lowest BCUT2D eigenvalue weighted by atomic mass is 10.1. The van der Waals surface area contributed by atoms with Gasteiger partial charge in [-0.1, -0.05) is 30.3 Å². The van der Waals surface area contributed by atoms with Gasteiger partial charge in [0.05, 0.1) is 5.52 Å². The highest BCUT2D eigenvalue weighted by atomic mass is 16.3. The molecule has 21 heavy (non-hydrogen) atoms. The van der Waals surface area contributed by atoms with E-state index < -0.39 is 0 Å². The summed E-state index contributed by atoms with van der Waals surface area (Å²) in [6.07, 6.45) is 0.777. The van der Waals surface area contributed by atoms with E-state index in [4.69, 9.17) is 0 Å². The largest absolute Gasteiger partial charge is 0.508 e. The predicted molar refractivity (Wildman–Crippen MR) is 81.2 cm³/mol. The molecule has 0 unspecified atom stereocenters. The zero-order chi connectivity index (χ0) is 14.7. The number of aromatic amines is 1. The molecule has 5 nitrogen and oxygen atoms in total. The van der Waals surface area contributed by atoms with E-state index in [-0.39, 0.29) is 11.7 Å². The minimum absolute atomic E-state index is 0.129. The highest BCUT2D eigenvalue weighted by Gasteiger charge is 2.10. The number of hydrogen-bond donors (Lipinski definition) is 3. The standard InChI is InChI=1S/C16H15N3O2/c20-14-8-4-1-5-11(14)9-10-15(21)17-16-12-6-2-3-7-13(12)18-19-16/h1-8,20H,9-10H2,(H2,17,18,19,21). The molecule has 106 valence electrons. The van der Waals surface area contributed by atoms with Crippen LogP contribution in [0.4, 0.5) is 5.82 Å². The van der Waals surface area contributed by atoms with Crippen molar-refractivity contribution in [1.82, 2.24) is 10.2 Å². The number of hydrogen-bond acceptors (Lipinski definition) is 3. The van der Waals surface area contributed by atoms with Crippen LogP contribution in [0.5, 0.6) is 5.75 Å². The third-order valence-corrected chi connectivity index (χ3v) is 3.34. The zero-order valence-corrected chi connectivity index (χ0v) is 11.3. The second kappa shape index (κ2) is 5.66. The molecule has 0 bridgehead atoms. The Kier molecular flexibility index (Phi) is 3.55. The normalized spacial score (nSPS) is 10.7. The predicted octanol–water partition coefficient (Wildman–Crippen LogP) is 2.84. The van der Waals surface area contributed by atoms with Crippen molar-refractivity contribution in [2.45, 2.75) is 12.8 Å². The molecule has 3 N–H and O–H groups in total. The first-order valence-electron chi connectivity index (χ1n) is 6.74. The molecule has 2 aromatic carbocycles. The number of H-pyrrole nitrogens is 1. The van der Waals surface area contributed by atoms with E-state index in [0.29, 0.717) is 18.7 Å². The summed E-state index contributed by atoms with van der Waals surface area (Å²) in [4.78, 5) is 12.0. The van der Waals surface area contributed by atoms with Crippen molar-refractivity contribution in [3.8, 4) is 5.75 Å². The number of aromatic nitrogens is 2. The topological polar surface area (TPSA) is 78.0 Å². The molecular formula is C16H15N3O2. The Morgan fingerprint density at radius 1 is 1.14 bits per heavy atom. The SMILES string of the molecule is O=C(CCc1ccccc1O)Nc1n[nH]c2ccccc12. The van der Waals surface area contributed by atoms with Gasteiger partial charge < -0.3 is 10.4 Å². The fourth-order valence-corrected chi connectivity index (χ4v) is 2.22. The highest BCUT2D eigenvalue weighted by Crippen LogP contribution is 2.21. The second-order valence-electron chi connectivity index (χ2n) is 4.79. The maximum Gasteiger partial charge on any atom is 0.225 e. The van der Waals surface area contributed by atoms with Crippen molar-refractivity contribution in [2.24, 2.45) is 0 Å². The molecule has 3 aromatic rings. The number of phenols is 1. The summed E-state index contributed by atoms with van der Waals surface area (Å²) in [5.41, 5.74) is 1.65. The number of carbonyl (C=O) groups excluding carboxylic acids is 1. The molecule has 0 aliphatic rings. The molecule has 0 fully saturated rings. The first-order chi connectivity index (χ1) is 10.2. The van der Waals surface area contributed by atoms with Crippen molar-refractivity contribution >= 4 is 22.6 Å². The lowest BCUT2D eigenvalue weighted by Crippen LogP contribution is -2.12. The van der Waals surface area contributed by atoms with E-state index >= 15 is 0 Å². The molecule has 0 aliphatic carbocycles. The molecule has 0 spiro atoms. The molecule has 0 saturated carbocycles. The first-order valence-corrected chi connectivity index (χ1v) is 6.74. The van der Waals surface area contributed by atoms with Crippen LogP contribution in [-0.2, 0) is 11.2 Å². The van der Waals surface area contributed by atoms with Crippen molar-refractivity contribution in [3.05, 3.63) is 54.1 Å². The van der Waals surface area contributed by atoms with Gasteiger partial charge in [-0.25, -0.2) is 0 Å². The molecule has 0 saturated heterocycles. The molecule has 5 heteroatoms. The molecule has 0 aliphatic heterocycles. The Morgan fingerprint density at radius 3 is 2.76 bits per heavy atom. The fraction of sp³-hybridized carbons (Fsp3) is 0.125. The van der Waals surface area contributed by atoms with Crippen molar-refractivity contribution < 1.29 is 9.90 Å². The average Bonchev–Trinajstić information content (AvgIpc) is 2.90. The van der Waals surface area contributed by atoms with E-state index in [2.05, 4.69) is 15.5 Å². The number of nitrogens with one attached hydrogen (secondary N) is 2. The van der Waals surface area contributed by atoms with Crippen molar-refractivity contribution in [3.63, 3.8) is 0 Å². The number of carbonyl (C=O) groups is 1. The van der Waals surface area contributed by atoms with Gasteiger partial charge in [-0.15, -0.1) is 0 Å². The van der Waals surface area contributed by atoms with Crippen LogP contribution in [-0.4, -0.2) is 21.2 Å². The number of anilines is 1. The van der Waals surface area contributed by atoms with Crippen LogP contribution >= 0.6 is 0 Å². The van der Waals surface area contributed by atoms with Crippen LogP contribution in [0.25, 0.3) is 10.9 Å². The number of fused-ring (bicyclic) bond motifs is 1. The van der Waals surface area contributed by atoms with Gasteiger partial charge in [0.25, 0.3) is 0 Å². The molecular weight excluding hydrogens is 266 g/mol. The quantitative estimate of drug-likeness (QED) is 0.688. The maximum absolute atomic E-state index is 12.0. The summed E-state index contributed by atoms with van der Waals surface area (Å²) in [6.45, 7) is 0. The van der Waals surface area contributed by atoms with Gasteiger partial charge in [0.1, 0.15) is 5.75 Å². The number of benzene rings is 2. The molecule has 1 heterocycles. The van der Waals surface area contributed by atoms with E-state index in [1.165, 1.54) is 0 Å². The van der Waals surface area contributed by atoms with Crippen LogP contribution in [0.15, 0.2) is 48.5 Å². The Hall–Kier alpha value is -2.82. The highest BCUT2D eigenvalue weighted by molar-refractivity contribution is 5.99. The summed E-state index contributed by atoms with van der Waals surface area (Å²) in [5, 5.41) is 20.3. The number of para-hydroxylation sites is 2. The van der Waals surface area contributed by atoms with Gasteiger partial charge in [0.15, 0.2) is 5.82 Å². The number of aryl methyl sites for hydroxylation is 1. The second-order valence-corrected chi connectivity index (χ2v) is 4.79. The Morgan fingerprint density at radius 2 is 1.90 bits per heavy atom. The number of nitrogens with zero attached hydrogens (tertiary/aromatic N) is 1. The Bertz CT molecular complexity index is 780. The Balaban J connectivity index is 1.66. The number of phenolic OH excluding ortho intramolecular Hbond substituents is 1. The maximum atomic E-state index is 12.0.